The molecule has 8 heteroatoms. The maximum atomic E-state index is 13.4. The van der Waals surface area contributed by atoms with E-state index in [1.807, 2.05) is 0 Å². The predicted octanol–water partition coefficient (Wildman–Crippen LogP) is 5.00. The van der Waals surface area contributed by atoms with Gasteiger partial charge in [-0.3, -0.25) is 14.9 Å². The van der Waals surface area contributed by atoms with Gasteiger partial charge in [0.05, 0.1) is 9.83 Å². The van der Waals surface area contributed by atoms with Gasteiger partial charge in [0.25, 0.3) is 5.69 Å². The lowest BCUT2D eigenvalue weighted by molar-refractivity contribution is -0.384. The normalized spacial score (nSPS) is 12.4. The van der Waals surface area contributed by atoms with Crippen molar-refractivity contribution < 1.29 is 22.9 Å². The first kappa shape index (κ1) is 18.7. The third-order valence-electron chi connectivity index (χ3n) is 3.24. The largest absolute Gasteiger partial charge is 0.422 e. The fourth-order valence-electron chi connectivity index (χ4n) is 2.05. The molecule has 0 aliphatic carbocycles. The van der Waals surface area contributed by atoms with E-state index < -0.39 is 21.6 Å². The molecular weight excluding hydrogens is 355 g/mol. The summed E-state index contributed by atoms with van der Waals surface area (Å²) in [5.41, 5.74) is 0.0925. The molecule has 2 rings (SSSR count). The van der Waals surface area contributed by atoms with Crippen LogP contribution in [-0.2, 0) is 10.5 Å². The lowest BCUT2D eigenvalue weighted by Crippen LogP contribution is -2.12. The molecule has 130 valence electrons. The Morgan fingerprint density at radius 1 is 1.08 bits per heavy atom. The van der Waals surface area contributed by atoms with E-state index in [2.05, 4.69) is 0 Å². The van der Waals surface area contributed by atoms with Gasteiger partial charge in [-0.25, -0.2) is 0 Å². The molecule has 0 saturated carbocycles. The van der Waals surface area contributed by atoms with E-state index in [0.717, 1.165) is 0 Å². The second kappa shape index (κ2) is 7.98. The Hall–Kier alpha value is -2.61. The van der Waals surface area contributed by atoms with Gasteiger partial charge < -0.3 is 0 Å². The van der Waals surface area contributed by atoms with Crippen LogP contribution in [0.15, 0.2) is 59.5 Å². The molecule has 0 fully saturated rings. The van der Waals surface area contributed by atoms with Crippen molar-refractivity contribution in [3.05, 3.63) is 80.7 Å². The van der Waals surface area contributed by atoms with E-state index in [-0.39, 0.29) is 23.3 Å². The highest BCUT2D eigenvalue weighted by Gasteiger charge is 2.37. The van der Waals surface area contributed by atoms with Crippen molar-refractivity contribution in [2.75, 3.05) is 0 Å². The van der Waals surface area contributed by atoms with Crippen molar-refractivity contribution in [1.82, 2.24) is 0 Å². The minimum Gasteiger partial charge on any atom is -0.298 e. The number of nitro groups is 1. The van der Waals surface area contributed by atoms with Crippen LogP contribution >= 0.6 is 11.8 Å². The number of hydrogen-bond acceptors (Lipinski definition) is 4. The van der Waals surface area contributed by atoms with Gasteiger partial charge in [0.1, 0.15) is 0 Å². The van der Waals surface area contributed by atoms with Crippen molar-refractivity contribution in [3.63, 3.8) is 0 Å². The SMILES string of the molecule is O=CC(=C(SCc1ccc([N+](=O)[O-])cc1)C(F)(F)F)c1ccccc1. The lowest BCUT2D eigenvalue weighted by atomic mass is 10.1. The Balaban J connectivity index is 2.31. The molecule has 4 nitrogen and oxygen atoms in total. The smallest absolute Gasteiger partial charge is 0.298 e. The van der Waals surface area contributed by atoms with E-state index in [1.165, 1.54) is 36.4 Å². The Morgan fingerprint density at radius 2 is 1.68 bits per heavy atom. The van der Waals surface area contributed by atoms with E-state index >= 15 is 0 Å². The third-order valence-corrected chi connectivity index (χ3v) is 4.45. The van der Waals surface area contributed by atoms with Gasteiger partial charge in [0.15, 0.2) is 6.29 Å². The highest BCUT2D eigenvalue weighted by atomic mass is 32.2. The molecule has 0 saturated heterocycles. The standard InChI is InChI=1S/C17H12F3NO3S/c18-17(19,20)16(15(10-22)13-4-2-1-3-5-13)25-11-12-6-8-14(9-7-12)21(23)24/h1-10H,11H2. The number of carbonyl (C=O) groups is 1. The zero-order valence-electron chi connectivity index (χ0n) is 12.7. The average molecular weight is 367 g/mol. The lowest BCUT2D eigenvalue weighted by Gasteiger charge is -2.15. The molecule has 0 aromatic heterocycles. The number of carbonyl (C=O) groups excluding carboxylic acids is 1. The van der Waals surface area contributed by atoms with E-state index in [1.54, 1.807) is 18.2 Å². The number of nitrogens with zero attached hydrogens (tertiary/aromatic N) is 1. The van der Waals surface area contributed by atoms with Gasteiger partial charge >= 0.3 is 6.18 Å². The van der Waals surface area contributed by atoms with Crippen molar-refractivity contribution >= 4 is 29.3 Å². The second-order valence-corrected chi connectivity index (χ2v) is 5.92. The molecule has 0 aliphatic heterocycles. The summed E-state index contributed by atoms with van der Waals surface area (Å²) >= 11 is 0.477. The highest BCUT2D eigenvalue weighted by Crippen LogP contribution is 2.40. The zero-order valence-corrected chi connectivity index (χ0v) is 13.5. The van der Waals surface area contributed by atoms with Gasteiger partial charge in [0.2, 0.25) is 0 Å². The molecule has 0 unspecified atom stereocenters. The Morgan fingerprint density at radius 3 is 2.16 bits per heavy atom. The summed E-state index contributed by atoms with van der Waals surface area (Å²) in [4.78, 5) is 20.3. The van der Waals surface area contributed by atoms with Crippen LogP contribution in [0.2, 0.25) is 0 Å². The number of halogens is 3. The molecule has 25 heavy (non-hydrogen) atoms. The number of allylic oxidation sites excluding steroid dienone is 2. The number of alkyl halides is 3. The molecule has 2 aromatic carbocycles. The minimum atomic E-state index is -4.68. The van der Waals surface area contributed by atoms with Crippen LogP contribution in [0.1, 0.15) is 11.1 Å². The Labute approximate surface area is 145 Å². The summed E-state index contributed by atoms with van der Waals surface area (Å²) in [5, 5.41) is 10.6. The maximum absolute atomic E-state index is 13.4. The molecule has 0 bridgehead atoms. The first-order valence-electron chi connectivity index (χ1n) is 7.01. The summed E-state index contributed by atoms with van der Waals surface area (Å²) in [6.07, 6.45) is -4.49. The monoisotopic (exact) mass is 367 g/mol. The summed E-state index contributed by atoms with van der Waals surface area (Å²) in [7, 11) is 0. The number of thioether (sulfide) groups is 1. The van der Waals surface area contributed by atoms with Crippen LogP contribution in [0.5, 0.6) is 0 Å². The van der Waals surface area contributed by atoms with Gasteiger partial charge in [-0.1, -0.05) is 42.5 Å². The molecule has 0 spiro atoms. The molecule has 0 N–H and O–H groups in total. The average Bonchev–Trinajstić information content (AvgIpc) is 2.58. The first-order valence-corrected chi connectivity index (χ1v) is 7.99. The molecule has 0 radical (unpaired) electrons. The quantitative estimate of drug-likeness (QED) is 0.312. The van der Waals surface area contributed by atoms with E-state index in [0.29, 0.717) is 17.3 Å². The summed E-state index contributed by atoms with van der Waals surface area (Å²) in [6.45, 7) is 0. The van der Waals surface area contributed by atoms with Crippen molar-refractivity contribution in [3.8, 4) is 0 Å². The van der Waals surface area contributed by atoms with Crippen LogP contribution < -0.4 is 0 Å². The van der Waals surface area contributed by atoms with Gasteiger partial charge in [0, 0.05) is 23.5 Å². The second-order valence-electron chi connectivity index (χ2n) is 4.94. The Kier molecular flexibility index (Phi) is 5.97. The number of benzene rings is 2. The van der Waals surface area contributed by atoms with Gasteiger partial charge in [-0.05, 0) is 11.1 Å². The molecule has 0 aliphatic rings. The number of nitro benzene ring substituents is 1. The van der Waals surface area contributed by atoms with Crippen molar-refractivity contribution in [1.29, 1.82) is 0 Å². The molecular formula is C17H12F3NO3S. The third kappa shape index (κ3) is 4.93. The van der Waals surface area contributed by atoms with Gasteiger partial charge in [-0.2, -0.15) is 13.2 Å². The van der Waals surface area contributed by atoms with Crippen molar-refractivity contribution in [2.45, 2.75) is 11.9 Å². The molecule has 0 atom stereocenters. The number of rotatable bonds is 6. The van der Waals surface area contributed by atoms with Crippen LogP contribution in [0, 0.1) is 10.1 Å². The summed E-state index contributed by atoms with van der Waals surface area (Å²) < 4.78 is 40.2. The zero-order chi connectivity index (χ0) is 18.4. The first-order chi connectivity index (χ1) is 11.8. The molecule has 0 heterocycles. The van der Waals surface area contributed by atoms with Crippen molar-refractivity contribution in [2.24, 2.45) is 0 Å². The van der Waals surface area contributed by atoms with Crippen LogP contribution in [-0.4, -0.2) is 17.4 Å². The Bertz CT molecular complexity index is 787. The minimum absolute atomic E-state index is 0.0724. The van der Waals surface area contributed by atoms with E-state index in [9.17, 15) is 28.1 Å². The topological polar surface area (TPSA) is 60.2 Å². The molecule has 0 amide bonds. The van der Waals surface area contributed by atoms with Gasteiger partial charge in [-0.15, -0.1) is 11.8 Å². The fourth-order valence-corrected chi connectivity index (χ4v) is 3.04. The van der Waals surface area contributed by atoms with Crippen LogP contribution in [0.4, 0.5) is 18.9 Å². The summed E-state index contributed by atoms with van der Waals surface area (Å²) in [5.74, 6) is -0.0724. The summed E-state index contributed by atoms with van der Waals surface area (Å²) in [6, 6.07) is 12.8. The molecule has 2 aromatic rings. The van der Waals surface area contributed by atoms with Crippen LogP contribution in [0.25, 0.3) is 5.57 Å². The fraction of sp³-hybridized carbons (Fsp3) is 0.118. The number of hydrogen-bond donors (Lipinski definition) is 0. The van der Waals surface area contributed by atoms with Crippen LogP contribution in [0.3, 0.4) is 0 Å². The highest BCUT2D eigenvalue weighted by molar-refractivity contribution is 8.02. The predicted molar refractivity (Wildman–Crippen MR) is 89.9 cm³/mol. The number of aldehydes is 1. The maximum Gasteiger partial charge on any atom is 0.422 e. The number of non-ortho nitro benzene ring substituents is 1. The van der Waals surface area contributed by atoms with E-state index in [4.69, 9.17) is 0 Å².